The highest BCUT2D eigenvalue weighted by atomic mass is 16.5. The number of aromatic nitrogens is 1. The maximum Gasteiger partial charge on any atom is 0.339 e. The van der Waals surface area contributed by atoms with Gasteiger partial charge in [-0.15, -0.1) is 0 Å². The molecule has 0 N–H and O–H groups in total. The number of rotatable bonds is 3. The van der Waals surface area contributed by atoms with Gasteiger partial charge in [-0.3, -0.25) is 9.78 Å². The summed E-state index contributed by atoms with van der Waals surface area (Å²) in [5.74, 6) is -0.602. The number of fused-ring (bicyclic) bond motifs is 2. The van der Waals surface area contributed by atoms with E-state index in [0.29, 0.717) is 18.7 Å². The Morgan fingerprint density at radius 1 is 1.17 bits per heavy atom. The Balaban J connectivity index is 1.63. The first-order valence-corrected chi connectivity index (χ1v) is 10.9. The Hall–Kier alpha value is -2.47. The lowest BCUT2D eigenvalue weighted by Gasteiger charge is -2.36. The number of pyridine rings is 1. The van der Waals surface area contributed by atoms with Crippen molar-refractivity contribution < 1.29 is 19.1 Å². The molecule has 3 atom stereocenters. The Morgan fingerprint density at radius 3 is 2.60 bits per heavy atom. The van der Waals surface area contributed by atoms with Gasteiger partial charge in [0.15, 0.2) is 6.10 Å². The minimum Gasteiger partial charge on any atom is -0.449 e. The largest absolute Gasteiger partial charge is 0.449 e. The molecule has 0 radical (unpaired) electrons. The van der Waals surface area contributed by atoms with E-state index in [1.54, 1.807) is 11.8 Å². The van der Waals surface area contributed by atoms with Crippen LogP contribution in [0.1, 0.15) is 60.8 Å². The van der Waals surface area contributed by atoms with Crippen molar-refractivity contribution in [3.63, 3.8) is 0 Å². The second kappa shape index (κ2) is 8.34. The first-order valence-electron chi connectivity index (χ1n) is 10.9. The molecule has 6 heteroatoms. The number of carbonyl (C=O) groups excluding carboxylic acids is 2. The molecule has 1 amide bonds. The topological polar surface area (TPSA) is 68.7 Å². The zero-order chi connectivity index (χ0) is 21.4. The molecular formula is C24H30N2O4. The van der Waals surface area contributed by atoms with Gasteiger partial charge in [-0.05, 0) is 71.1 Å². The number of hydrogen-bond donors (Lipinski definition) is 0. The molecule has 6 nitrogen and oxygen atoms in total. The van der Waals surface area contributed by atoms with Crippen molar-refractivity contribution in [1.29, 1.82) is 0 Å². The molecule has 1 fully saturated rings. The normalized spacial score (nSPS) is 22.5. The lowest BCUT2D eigenvalue weighted by atomic mass is 9.89. The molecule has 2 heterocycles. The molecule has 30 heavy (non-hydrogen) atoms. The number of morpholine rings is 1. The minimum absolute atomic E-state index is 0.0280. The Morgan fingerprint density at radius 2 is 1.87 bits per heavy atom. The summed E-state index contributed by atoms with van der Waals surface area (Å²) >= 11 is 0. The number of carbonyl (C=O) groups is 2. The zero-order valence-electron chi connectivity index (χ0n) is 18.2. The van der Waals surface area contributed by atoms with Crippen molar-refractivity contribution in [2.24, 2.45) is 0 Å². The summed E-state index contributed by atoms with van der Waals surface area (Å²) in [4.78, 5) is 32.8. The molecule has 1 aliphatic heterocycles. The number of hydrogen-bond acceptors (Lipinski definition) is 5. The SMILES string of the molecule is Cc1ccc2nc3c(c(C(=O)OC(C)C(=O)N4CC(C)OC(C)C4)c2c1)CCCC3. The van der Waals surface area contributed by atoms with E-state index in [9.17, 15) is 9.59 Å². The maximum atomic E-state index is 13.3. The van der Waals surface area contributed by atoms with Crippen molar-refractivity contribution >= 4 is 22.8 Å². The predicted octanol–water partition coefficient (Wildman–Crippen LogP) is 3.60. The highest BCUT2D eigenvalue weighted by molar-refractivity contribution is 6.06. The quantitative estimate of drug-likeness (QED) is 0.723. The maximum absolute atomic E-state index is 13.3. The van der Waals surface area contributed by atoms with E-state index in [0.717, 1.165) is 53.4 Å². The third kappa shape index (κ3) is 4.06. The van der Waals surface area contributed by atoms with Crippen LogP contribution in [0.2, 0.25) is 0 Å². The van der Waals surface area contributed by atoms with Crippen LogP contribution < -0.4 is 0 Å². The molecule has 1 aliphatic carbocycles. The van der Waals surface area contributed by atoms with Crippen LogP contribution in [0, 0.1) is 6.92 Å². The van der Waals surface area contributed by atoms with Crippen LogP contribution in [-0.4, -0.2) is 53.2 Å². The van der Waals surface area contributed by atoms with Gasteiger partial charge in [-0.2, -0.15) is 0 Å². The number of aryl methyl sites for hydroxylation is 2. The third-order valence-electron chi connectivity index (χ3n) is 5.98. The first-order chi connectivity index (χ1) is 14.3. The molecule has 160 valence electrons. The second-order valence-electron chi connectivity index (χ2n) is 8.69. The molecule has 3 unspecified atom stereocenters. The van der Waals surface area contributed by atoms with E-state index >= 15 is 0 Å². The molecule has 1 saturated heterocycles. The monoisotopic (exact) mass is 410 g/mol. The average Bonchev–Trinajstić information content (AvgIpc) is 2.70. The molecule has 0 bridgehead atoms. The number of amides is 1. The van der Waals surface area contributed by atoms with E-state index in [1.165, 1.54) is 0 Å². The Labute approximate surface area is 177 Å². The van der Waals surface area contributed by atoms with Crippen molar-refractivity contribution in [3.05, 3.63) is 40.6 Å². The molecule has 4 rings (SSSR count). The molecule has 2 aromatic rings. The van der Waals surface area contributed by atoms with Gasteiger partial charge in [-0.1, -0.05) is 11.6 Å². The van der Waals surface area contributed by atoms with Crippen LogP contribution in [0.15, 0.2) is 18.2 Å². The highest BCUT2D eigenvalue weighted by Gasteiger charge is 2.32. The highest BCUT2D eigenvalue weighted by Crippen LogP contribution is 2.30. The molecular weight excluding hydrogens is 380 g/mol. The van der Waals surface area contributed by atoms with Gasteiger partial charge in [0.05, 0.1) is 23.3 Å². The van der Waals surface area contributed by atoms with Crippen molar-refractivity contribution in [2.75, 3.05) is 13.1 Å². The van der Waals surface area contributed by atoms with Gasteiger partial charge in [0.1, 0.15) is 0 Å². The van der Waals surface area contributed by atoms with Gasteiger partial charge >= 0.3 is 5.97 Å². The smallest absolute Gasteiger partial charge is 0.339 e. The molecule has 1 aromatic heterocycles. The molecule has 1 aromatic carbocycles. The van der Waals surface area contributed by atoms with E-state index < -0.39 is 12.1 Å². The van der Waals surface area contributed by atoms with E-state index in [2.05, 4.69) is 0 Å². The van der Waals surface area contributed by atoms with Crippen molar-refractivity contribution in [3.8, 4) is 0 Å². The standard InChI is InChI=1S/C24H30N2O4/c1-14-9-10-21-19(11-14)22(18-7-5-6-8-20(18)25-21)24(28)30-17(4)23(27)26-12-15(2)29-16(3)13-26/h9-11,15-17H,5-8,12-13H2,1-4H3. The summed E-state index contributed by atoms with van der Waals surface area (Å²) < 4.78 is 11.4. The predicted molar refractivity (Wildman–Crippen MR) is 115 cm³/mol. The Kier molecular flexibility index (Phi) is 5.78. The summed E-state index contributed by atoms with van der Waals surface area (Å²) in [5.41, 5.74) is 4.43. The second-order valence-corrected chi connectivity index (χ2v) is 8.69. The fourth-order valence-corrected chi connectivity index (χ4v) is 4.66. The fraction of sp³-hybridized carbons (Fsp3) is 0.542. The first kappa shape index (κ1) is 20.8. The number of nitrogens with zero attached hydrogens (tertiary/aromatic N) is 2. The van der Waals surface area contributed by atoms with Gasteiger partial charge in [0.2, 0.25) is 0 Å². The molecule has 0 saturated carbocycles. The van der Waals surface area contributed by atoms with Crippen LogP contribution in [-0.2, 0) is 27.1 Å². The van der Waals surface area contributed by atoms with Crippen LogP contribution in [0.4, 0.5) is 0 Å². The van der Waals surface area contributed by atoms with Gasteiger partial charge in [-0.25, -0.2) is 4.79 Å². The minimum atomic E-state index is -0.845. The fourth-order valence-electron chi connectivity index (χ4n) is 4.66. The average molecular weight is 411 g/mol. The van der Waals surface area contributed by atoms with Crippen LogP contribution in [0.5, 0.6) is 0 Å². The lowest BCUT2D eigenvalue weighted by Crippen LogP contribution is -2.51. The zero-order valence-corrected chi connectivity index (χ0v) is 18.2. The van der Waals surface area contributed by atoms with Crippen LogP contribution >= 0.6 is 0 Å². The van der Waals surface area contributed by atoms with E-state index in [4.69, 9.17) is 14.5 Å². The Bertz CT molecular complexity index is 977. The summed E-state index contributed by atoms with van der Waals surface area (Å²) in [6.45, 7) is 8.58. The van der Waals surface area contributed by atoms with E-state index in [-0.39, 0.29) is 18.1 Å². The summed E-state index contributed by atoms with van der Waals surface area (Å²) in [6, 6.07) is 5.96. The number of esters is 1. The van der Waals surface area contributed by atoms with Crippen molar-refractivity contribution in [1.82, 2.24) is 9.88 Å². The van der Waals surface area contributed by atoms with Gasteiger partial charge in [0, 0.05) is 24.2 Å². The third-order valence-corrected chi connectivity index (χ3v) is 5.98. The van der Waals surface area contributed by atoms with Crippen LogP contribution in [0.3, 0.4) is 0 Å². The van der Waals surface area contributed by atoms with Crippen LogP contribution in [0.25, 0.3) is 10.9 Å². The number of ether oxygens (including phenoxy) is 2. The summed E-state index contributed by atoms with van der Waals surface area (Å²) in [6.07, 6.45) is 2.90. The molecule has 2 aliphatic rings. The van der Waals surface area contributed by atoms with Gasteiger partial charge in [0.25, 0.3) is 5.91 Å². The van der Waals surface area contributed by atoms with Gasteiger partial charge < -0.3 is 14.4 Å². The molecule has 0 spiro atoms. The number of benzene rings is 1. The van der Waals surface area contributed by atoms with Crippen molar-refractivity contribution in [2.45, 2.75) is 71.7 Å². The summed E-state index contributed by atoms with van der Waals surface area (Å²) in [5, 5.41) is 0.814. The van der Waals surface area contributed by atoms with E-state index in [1.807, 2.05) is 39.0 Å². The summed E-state index contributed by atoms with van der Waals surface area (Å²) in [7, 11) is 0. The lowest BCUT2D eigenvalue weighted by molar-refractivity contribution is -0.151.